The Morgan fingerprint density at radius 3 is 2.59 bits per heavy atom. The number of halogens is 1. The number of amides is 4. The Morgan fingerprint density at radius 2 is 2.06 bits per heavy atom. The molecule has 0 aliphatic heterocycles. The van der Waals surface area contributed by atoms with Crippen molar-refractivity contribution in [3.63, 3.8) is 0 Å². The van der Waals surface area contributed by atoms with Gasteiger partial charge < -0.3 is 11.1 Å². The van der Waals surface area contributed by atoms with Crippen LogP contribution in [0.5, 0.6) is 0 Å². The predicted octanol–water partition coefficient (Wildman–Crippen LogP) is 1.19. The lowest BCUT2D eigenvalue weighted by atomic mass is 10.1. The molecule has 1 saturated carbocycles. The summed E-state index contributed by atoms with van der Waals surface area (Å²) in [6.45, 7) is 0. The monoisotopic (exact) mass is 237 g/mol. The van der Waals surface area contributed by atoms with Crippen LogP contribution in [0.2, 0.25) is 0 Å². The fraction of sp³-hybridized carbons (Fsp3) is 0.273. The zero-order valence-electron chi connectivity index (χ0n) is 9.00. The molecular formula is C11H12FN3O2. The van der Waals surface area contributed by atoms with E-state index in [0.29, 0.717) is 18.4 Å². The number of nitrogens with one attached hydrogen (secondary N) is 2. The van der Waals surface area contributed by atoms with E-state index in [9.17, 15) is 14.0 Å². The van der Waals surface area contributed by atoms with Crippen LogP contribution in [-0.4, -0.2) is 12.1 Å². The lowest BCUT2D eigenvalue weighted by molar-refractivity contribution is 0.228. The fourth-order valence-corrected chi connectivity index (χ4v) is 1.76. The van der Waals surface area contributed by atoms with Crippen LogP contribution in [0.4, 0.5) is 14.0 Å². The zero-order valence-corrected chi connectivity index (χ0v) is 9.00. The Kier molecular flexibility index (Phi) is 2.71. The van der Waals surface area contributed by atoms with Crippen molar-refractivity contribution in [3.05, 3.63) is 35.6 Å². The van der Waals surface area contributed by atoms with Gasteiger partial charge >= 0.3 is 12.1 Å². The third-order valence-electron chi connectivity index (χ3n) is 2.72. The van der Waals surface area contributed by atoms with Crippen molar-refractivity contribution in [2.45, 2.75) is 18.4 Å². The highest BCUT2D eigenvalue weighted by Gasteiger charge is 2.45. The molecule has 0 bridgehead atoms. The molecule has 5 nitrogen and oxygen atoms in total. The molecule has 6 heteroatoms. The largest absolute Gasteiger partial charge is 0.351 e. The molecule has 0 saturated heterocycles. The van der Waals surface area contributed by atoms with E-state index in [0.717, 1.165) is 0 Å². The summed E-state index contributed by atoms with van der Waals surface area (Å²) >= 11 is 0. The first-order valence-corrected chi connectivity index (χ1v) is 5.16. The number of hydrogen-bond donors (Lipinski definition) is 3. The summed E-state index contributed by atoms with van der Waals surface area (Å²) in [5, 5.41) is 4.54. The highest BCUT2D eigenvalue weighted by atomic mass is 19.1. The Labute approximate surface area is 97.2 Å². The van der Waals surface area contributed by atoms with Gasteiger partial charge in [0.05, 0.1) is 5.54 Å². The average molecular weight is 237 g/mol. The molecule has 2 rings (SSSR count). The smallest absolute Gasteiger partial charge is 0.323 e. The normalized spacial score (nSPS) is 16.1. The summed E-state index contributed by atoms with van der Waals surface area (Å²) in [5.74, 6) is -0.356. The molecule has 90 valence electrons. The van der Waals surface area contributed by atoms with E-state index in [1.54, 1.807) is 12.1 Å². The van der Waals surface area contributed by atoms with E-state index < -0.39 is 17.6 Å². The molecule has 4 N–H and O–H groups in total. The van der Waals surface area contributed by atoms with Crippen LogP contribution in [0.15, 0.2) is 24.3 Å². The van der Waals surface area contributed by atoms with Crippen LogP contribution in [0.1, 0.15) is 18.4 Å². The quantitative estimate of drug-likeness (QED) is 0.721. The van der Waals surface area contributed by atoms with Crippen LogP contribution < -0.4 is 16.4 Å². The maximum Gasteiger partial charge on any atom is 0.323 e. The first-order chi connectivity index (χ1) is 8.02. The maximum absolute atomic E-state index is 13.1. The van der Waals surface area contributed by atoms with Crippen molar-refractivity contribution >= 4 is 12.1 Å². The minimum absolute atomic E-state index is 0.356. The number of nitrogens with two attached hydrogens (primary N) is 1. The van der Waals surface area contributed by atoms with Crippen LogP contribution in [0.25, 0.3) is 0 Å². The van der Waals surface area contributed by atoms with Crippen molar-refractivity contribution in [1.29, 1.82) is 0 Å². The van der Waals surface area contributed by atoms with Gasteiger partial charge in [0.15, 0.2) is 0 Å². The third kappa shape index (κ3) is 2.52. The minimum Gasteiger partial charge on any atom is -0.351 e. The van der Waals surface area contributed by atoms with Gasteiger partial charge in [-0.3, -0.25) is 5.32 Å². The Bertz CT molecular complexity index is 472. The molecule has 0 spiro atoms. The number of hydrogen-bond acceptors (Lipinski definition) is 2. The van der Waals surface area contributed by atoms with Gasteiger partial charge in [0.1, 0.15) is 5.82 Å². The van der Waals surface area contributed by atoms with Crippen LogP contribution in [-0.2, 0) is 5.54 Å². The molecule has 0 atom stereocenters. The molecule has 1 aliphatic rings. The summed E-state index contributed by atoms with van der Waals surface area (Å²) < 4.78 is 13.1. The number of benzene rings is 1. The first kappa shape index (κ1) is 11.4. The lowest BCUT2D eigenvalue weighted by Crippen LogP contribution is -2.46. The van der Waals surface area contributed by atoms with Crippen molar-refractivity contribution in [1.82, 2.24) is 10.6 Å². The van der Waals surface area contributed by atoms with E-state index in [1.165, 1.54) is 12.1 Å². The number of primary amides is 1. The molecule has 0 unspecified atom stereocenters. The van der Waals surface area contributed by atoms with Gasteiger partial charge in [-0.05, 0) is 30.5 Å². The Balaban J connectivity index is 2.10. The number of imide groups is 1. The van der Waals surface area contributed by atoms with Crippen molar-refractivity contribution in [2.24, 2.45) is 5.73 Å². The van der Waals surface area contributed by atoms with Crippen LogP contribution >= 0.6 is 0 Å². The molecular weight excluding hydrogens is 225 g/mol. The van der Waals surface area contributed by atoms with Gasteiger partial charge in [-0.15, -0.1) is 0 Å². The van der Waals surface area contributed by atoms with E-state index in [1.807, 2.05) is 5.32 Å². The standard InChI is InChI=1S/C11H12FN3O2/c12-8-3-1-2-7(6-8)11(4-5-11)15-10(17)14-9(13)16/h1-3,6H,4-5H2,(H4,13,14,15,16,17). The SMILES string of the molecule is NC(=O)NC(=O)NC1(c2cccc(F)c2)CC1. The van der Waals surface area contributed by atoms with Crippen LogP contribution in [0, 0.1) is 5.82 Å². The fourth-order valence-electron chi connectivity index (χ4n) is 1.76. The molecule has 0 aromatic heterocycles. The number of urea groups is 2. The molecule has 1 aliphatic carbocycles. The first-order valence-electron chi connectivity index (χ1n) is 5.16. The summed E-state index contributed by atoms with van der Waals surface area (Å²) in [7, 11) is 0. The van der Waals surface area contributed by atoms with Crippen molar-refractivity contribution < 1.29 is 14.0 Å². The van der Waals surface area contributed by atoms with Crippen LogP contribution in [0.3, 0.4) is 0 Å². The summed E-state index contributed by atoms with van der Waals surface area (Å²) in [4.78, 5) is 21.8. The van der Waals surface area contributed by atoms with Gasteiger partial charge in [0.25, 0.3) is 0 Å². The molecule has 1 aromatic rings. The average Bonchev–Trinajstić information content (AvgIpc) is 2.97. The van der Waals surface area contributed by atoms with Gasteiger partial charge in [-0.25, -0.2) is 14.0 Å². The topological polar surface area (TPSA) is 84.2 Å². The molecule has 0 radical (unpaired) electrons. The zero-order chi connectivity index (χ0) is 12.5. The number of carbonyl (C=O) groups excluding carboxylic acids is 2. The van der Waals surface area contributed by atoms with Gasteiger partial charge in [0, 0.05) is 0 Å². The van der Waals surface area contributed by atoms with E-state index in [4.69, 9.17) is 5.73 Å². The minimum atomic E-state index is -0.919. The Hall–Kier alpha value is -2.11. The maximum atomic E-state index is 13.1. The Morgan fingerprint density at radius 1 is 1.35 bits per heavy atom. The van der Waals surface area contributed by atoms with Gasteiger partial charge in [-0.2, -0.15) is 0 Å². The summed E-state index contributed by atoms with van der Waals surface area (Å²) in [6, 6.07) is 4.44. The lowest BCUT2D eigenvalue weighted by Gasteiger charge is -2.17. The second-order valence-corrected chi connectivity index (χ2v) is 4.04. The molecule has 1 aromatic carbocycles. The molecule has 17 heavy (non-hydrogen) atoms. The highest BCUT2D eigenvalue weighted by Crippen LogP contribution is 2.45. The number of rotatable bonds is 2. The highest BCUT2D eigenvalue weighted by molar-refractivity contribution is 5.93. The molecule has 0 heterocycles. The van der Waals surface area contributed by atoms with Gasteiger partial charge in [0.2, 0.25) is 0 Å². The summed E-state index contributed by atoms with van der Waals surface area (Å²) in [6.07, 6.45) is 1.42. The predicted molar refractivity (Wildman–Crippen MR) is 58.6 cm³/mol. The number of carbonyl (C=O) groups is 2. The van der Waals surface area contributed by atoms with Gasteiger partial charge in [-0.1, -0.05) is 12.1 Å². The third-order valence-corrected chi connectivity index (χ3v) is 2.72. The van der Waals surface area contributed by atoms with E-state index in [2.05, 4.69) is 5.32 Å². The van der Waals surface area contributed by atoms with E-state index >= 15 is 0 Å². The van der Waals surface area contributed by atoms with Crippen molar-refractivity contribution in [2.75, 3.05) is 0 Å². The second-order valence-electron chi connectivity index (χ2n) is 4.04. The molecule has 1 fully saturated rings. The second kappa shape index (κ2) is 4.04. The van der Waals surface area contributed by atoms with E-state index in [-0.39, 0.29) is 5.82 Å². The molecule has 4 amide bonds. The summed E-state index contributed by atoms with van der Waals surface area (Å²) in [5.41, 5.74) is 4.95. The van der Waals surface area contributed by atoms with Crippen molar-refractivity contribution in [3.8, 4) is 0 Å².